The molecule has 0 bridgehead atoms. The summed E-state index contributed by atoms with van der Waals surface area (Å²) in [6.07, 6.45) is 0.665. The first kappa shape index (κ1) is 11.7. The van der Waals surface area contributed by atoms with Gasteiger partial charge in [0, 0.05) is 12.3 Å². The van der Waals surface area contributed by atoms with Crippen LogP contribution in [0.2, 0.25) is 0 Å². The van der Waals surface area contributed by atoms with E-state index in [4.69, 9.17) is 5.11 Å². The van der Waals surface area contributed by atoms with E-state index < -0.39 is 0 Å². The van der Waals surface area contributed by atoms with Gasteiger partial charge in [-0.25, -0.2) is 0 Å². The van der Waals surface area contributed by atoms with E-state index in [1.165, 1.54) is 0 Å². The summed E-state index contributed by atoms with van der Waals surface area (Å²) in [5.41, 5.74) is 0.798. The molecule has 0 aromatic heterocycles. The third kappa shape index (κ3) is 5.15. The van der Waals surface area contributed by atoms with Gasteiger partial charge in [-0.05, 0) is 25.1 Å². The number of carbonyl (C=O) groups is 1. The first-order valence-corrected chi connectivity index (χ1v) is 4.99. The minimum atomic E-state index is -0.0702. The number of benzene rings is 1. The van der Waals surface area contributed by atoms with Crippen molar-refractivity contribution in [1.82, 2.24) is 5.32 Å². The van der Waals surface area contributed by atoms with Crippen LogP contribution in [0.4, 0.5) is 5.69 Å². The predicted molar refractivity (Wildman–Crippen MR) is 59.6 cm³/mol. The predicted octanol–water partition coefficient (Wildman–Crippen LogP) is 0.597. The van der Waals surface area contributed by atoms with E-state index in [0.29, 0.717) is 13.0 Å². The van der Waals surface area contributed by atoms with Crippen molar-refractivity contribution in [1.29, 1.82) is 0 Å². The van der Waals surface area contributed by atoms with E-state index in [0.717, 1.165) is 5.69 Å². The highest BCUT2D eigenvalue weighted by Gasteiger charge is 1.99. The summed E-state index contributed by atoms with van der Waals surface area (Å²) in [6, 6.07) is 9.32. The van der Waals surface area contributed by atoms with Crippen LogP contribution in [0.15, 0.2) is 30.3 Å². The Morgan fingerprint density at radius 2 is 2.00 bits per heavy atom. The average molecular weight is 208 g/mol. The molecule has 0 heterocycles. The first-order valence-electron chi connectivity index (χ1n) is 4.99. The van der Waals surface area contributed by atoms with E-state index in [9.17, 15) is 4.79 Å². The summed E-state index contributed by atoms with van der Waals surface area (Å²) >= 11 is 0. The third-order valence-electron chi connectivity index (χ3n) is 1.85. The highest BCUT2D eigenvalue weighted by molar-refractivity contribution is 5.92. The molecule has 0 aliphatic carbocycles. The fourth-order valence-electron chi connectivity index (χ4n) is 1.13. The minimum absolute atomic E-state index is 0.0702. The number of carbonyl (C=O) groups excluding carboxylic acids is 1. The summed E-state index contributed by atoms with van der Waals surface area (Å²) < 4.78 is 0. The van der Waals surface area contributed by atoms with Gasteiger partial charge in [0.2, 0.25) is 5.91 Å². The SMILES string of the molecule is O=C(CNCCCO)Nc1ccccc1. The molecule has 0 saturated carbocycles. The molecule has 4 heteroatoms. The molecule has 0 aliphatic heterocycles. The maximum atomic E-state index is 11.3. The van der Waals surface area contributed by atoms with Gasteiger partial charge in [-0.2, -0.15) is 0 Å². The zero-order valence-corrected chi connectivity index (χ0v) is 8.57. The Bertz CT molecular complexity index is 288. The molecule has 3 N–H and O–H groups in total. The number of amides is 1. The van der Waals surface area contributed by atoms with Crippen LogP contribution in [0.5, 0.6) is 0 Å². The van der Waals surface area contributed by atoms with E-state index in [-0.39, 0.29) is 19.1 Å². The average Bonchev–Trinajstić information content (AvgIpc) is 2.26. The van der Waals surface area contributed by atoms with Crippen LogP contribution in [-0.2, 0) is 4.79 Å². The molecule has 1 aromatic carbocycles. The molecule has 0 spiro atoms. The molecule has 0 saturated heterocycles. The lowest BCUT2D eigenvalue weighted by atomic mass is 10.3. The number of anilines is 1. The van der Waals surface area contributed by atoms with E-state index in [1.807, 2.05) is 30.3 Å². The Balaban J connectivity index is 2.19. The molecular weight excluding hydrogens is 192 g/mol. The van der Waals surface area contributed by atoms with Gasteiger partial charge >= 0.3 is 0 Å². The molecule has 1 aromatic rings. The number of hydrogen-bond acceptors (Lipinski definition) is 3. The number of aliphatic hydroxyl groups excluding tert-OH is 1. The zero-order valence-electron chi connectivity index (χ0n) is 8.57. The van der Waals surface area contributed by atoms with Crippen LogP contribution in [0.3, 0.4) is 0 Å². The maximum absolute atomic E-state index is 11.3. The van der Waals surface area contributed by atoms with Gasteiger partial charge in [0.1, 0.15) is 0 Å². The topological polar surface area (TPSA) is 61.4 Å². The summed E-state index contributed by atoms with van der Waals surface area (Å²) in [7, 11) is 0. The quantitative estimate of drug-likeness (QED) is 0.600. The first-order chi connectivity index (χ1) is 7.33. The second kappa shape index (κ2) is 6.98. The monoisotopic (exact) mass is 208 g/mol. The molecular formula is C11H16N2O2. The fraction of sp³-hybridized carbons (Fsp3) is 0.364. The second-order valence-corrected chi connectivity index (χ2v) is 3.17. The number of hydrogen-bond donors (Lipinski definition) is 3. The highest BCUT2D eigenvalue weighted by Crippen LogP contribution is 2.03. The largest absolute Gasteiger partial charge is 0.396 e. The van der Waals surface area contributed by atoms with Crippen LogP contribution in [0.25, 0.3) is 0 Å². The van der Waals surface area contributed by atoms with E-state index in [1.54, 1.807) is 0 Å². The molecule has 0 radical (unpaired) electrons. The zero-order chi connectivity index (χ0) is 10.9. The number of para-hydroxylation sites is 1. The summed E-state index contributed by atoms with van der Waals surface area (Å²) in [5.74, 6) is -0.0702. The summed E-state index contributed by atoms with van der Waals surface area (Å²) in [5, 5.41) is 14.2. The molecule has 0 fully saturated rings. The molecule has 15 heavy (non-hydrogen) atoms. The van der Waals surface area contributed by atoms with Crippen LogP contribution in [0, 0.1) is 0 Å². The Morgan fingerprint density at radius 1 is 1.27 bits per heavy atom. The van der Waals surface area contributed by atoms with Gasteiger partial charge < -0.3 is 15.7 Å². The molecule has 0 atom stereocenters. The standard InChI is InChI=1S/C11H16N2O2/c14-8-4-7-12-9-11(15)13-10-5-2-1-3-6-10/h1-3,5-6,12,14H,4,7-9H2,(H,13,15). The van der Waals surface area contributed by atoms with Gasteiger partial charge in [-0.3, -0.25) is 4.79 Å². The van der Waals surface area contributed by atoms with Crippen LogP contribution >= 0.6 is 0 Å². The summed E-state index contributed by atoms with van der Waals surface area (Å²) in [6.45, 7) is 1.07. The Kier molecular flexibility index (Phi) is 5.43. The van der Waals surface area contributed by atoms with Crippen molar-refractivity contribution in [2.45, 2.75) is 6.42 Å². The molecule has 1 amide bonds. The summed E-state index contributed by atoms with van der Waals surface area (Å²) in [4.78, 5) is 11.3. The van der Waals surface area contributed by atoms with Crippen LogP contribution in [-0.4, -0.2) is 30.7 Å². The van der Waals surface area contributed by atoms with Crippen molar-refractivity contribution >= 4 is 11.6 Å². The van der Waals surface area contributed by atoms with Gasteiger partial charge in [0.15, 0.2) is 0 Å². The van der Waals surface area contributed by atoms with Crippen molar-refractivity contribution in [2.24, 2.45) is 0 Å². The molecule has 0 aliphatic rings. The van der Waals surface area contributed by atoms with Gasteiger partial charge in [0.25, 0.3) is 0 Å². The number of aliphatic hydroxyl groups is 1. The van der Waals surface area contributed by atoms with Crippen LogP contribution < -0.4 is 10.6 Å². The van der Waals surface area contributed by atoms with E-state index in [2.05, 4.69) is 10.6 Å². The van der Waals surface area contributed by atoms with Crippen molar-refractivity contribution < 1.29 is 9.90 Å². The van der Waals surface area contributed by atoms with Gasteiger partial charge in [-0.15, -0.1) is 0 Å². The Morgan fingerprint density at radius 3 is 2.67 bits per heavy atom. The maximum Gasteiger partial charge on any atom is 0.238 e. The molecule has 82 valence electrons. The normalized spacial score (nSPS) is 9.93. The second-order valence-electron chi connectivity index (χ2n) is 3.17. The van der Waals surface area contributed by atoms with Crippen molar-refractivity contribution in [3.8, 4) is 0 Å². The Labute approximate surface area is 89.3 Å². The van der Waals surface area contributed by atoms with Gasteiger partial charge in [0.05, 0.1) is 6.54 Å². The molecule has 0 unspecified atom stereocenters. The van der Waals surface area contributed by atoms with Gasteiger partial charge in [-0.1, -0.05) is 18.2 Å². The van der Waals surface area contributed by atoms with Crippen LogP contribution in [0.1, 0.15) is 6.42 Å². The molecule has 1 rings (SSSR count). The number of nitrogens with one attached hydrogen (secondary N) is 2. The van der Waals surface area contributed by atoms with Crippen molar-refractivity contribution in [3.05, 3.63) is 30.3 Å². The lowest BCUT2D eigenvalue weighted by Gasteiger charge is -2.05. The lowest BCUT2D eigenvalue weighted by Crippen LogP contribution is -2.29. The Hall–Kier alpha value is -1.39. The minimum Gasteiger partial charge on any atom is -0.396 e. The smallest absolute Gasteiger partial charge is 0.238 e. The molecule has 4 nitrogen and oxygen atoms in total. The lowest BCUT2D eigenvalue weighted by molar-refractivity contribution is -0.115. The van der Waals surface area contributed by atoms with Crippen molar-refractivity contribution in [3.63, 3.8) is 0 Å². The van der Waals surface area contributed by atoms with E-state index >= 15 is 0 Å². The van der Waals surface area contributed by atoms with Crippen molar-refractivity contribution in [2.75, 3.05) is 25.0 Å². The highest BCUT2D eigenvalue weighted by atomic mass is 16.3. The number of rotatable bonds is 6. The third-order valence-corrected chi connectivity index (χ3v) is 1.85. The fourth-order valence-corrected chi connectivity index (χ4v) is 1.13.